The van der Waals surface area contributed by atoms with Crippen LogP contribution in [0.15, 0.2) is 30.3 Å². The zero-order valence-corrected chi connectivity index (χ0v) is 13.9. The molecule has 1 fully saturated rings. The number of carbonyl (C=O) groups excluding carboxylic acids is 1. The Morgan fingerprint density at radius 1 is 1.14 bits per heavy atom. The molecule has 1 aromatic rings. The van der Waals surface area contributed by atoms with Crippen LogP contribution in [0.5, 0.6) is 0 Å². The summed E-state index contributed by atoms with van der Waals surface area (Å²) in [5, 5.41) is 5.85. The molecule has 0 unspecified atom stereocenters. The average Bonchev–Trinajstić information content (AvgIpc) is 2.54. The van der Waals surface area contributed by atoms with Crippen LogP contribution < -0.4 is 10.6 Å². The molecule has 0 aromatic heterocycles. The molecule has 0 saturated carbocycles. The number of hydrogen-bond acceptors (Lipinski definition) is 3. The fourth-order valence-electron chi connectivity index (χ4n) is 2.77. The van der Waals surface area contributed by atoms with E-state index in [0.717, 1.165) is 38.4 Å². The van der Waals surface area contributed by atoms with Gasteiger partial charge in [-0.2, -0.15) is 0 Å². The maximum Gasteiger partial charge on any atom is 0.319 e. The second-order valence-electron chi connectivity index (χ2n) is 6.41. The highest BCUT2D eigenvalue weighted by molar-refractivity contribution is 5.89. The van der Waals surface area contributed by atoms with Gasteiger partial charge in [-0.05, 0) is 32.5 Å². The summed E-state index contributed by atoms with van der Waals surface area (Å²) in [6, 6.07) is 9.37. The van der Waals surface area contributed by atoms with Crippen molar-refractivity contribution < 1.29 is 4.79 Å². The molecular weight excluding hydrogens is 276 g/mol. The first-order valence-electron chi connectivity index (χ1n) is 8.08. The van der Waals surface area contributed by atoms with Crippen molar-refractivity contribution in [1.82, 2.24) is 15.1 Å². The molecule has 1 aromatic carbocycles. The summed E-state index contributed by atoms with van der Waals surface area (Å²) in [6.45, 7) is 12.7. The Labute approximate surface area is 133 Å². The van der Waals surface area contributed by atoms with Crippen molar-refractivity contribution in [3.63, 3.8) is 0 Å². The highest BCUT2D eigenvalue weighted by atomic mass is 16.2. The van der Waals surface area contributed by atoms with Crippen molar-refractivity contribution in [2.45, 2.75) is 26.3 Å². The van der Waals surface area contributed by atoms with Crippen LogP contribution in [0.3, 0.4) is 0 Å². The van der Waals surface area contributed by atoms with Gasteiger partial charge in [-0.1, -0.05) is 25.1 Å². The van der Waals surface area contributed by atoms with Crippen molar-refractivity contribution in [2.24, 2.45) is 0 Å². The van der Waals surface area contributed by atoms with Crippen LogP contribution in [0.25, 0.3) is 0 Å². The topological polar surface area (TPSA) is 47.6 Å². The third-order valence-electron chi connectivity index (χ3n) is 4.39. The van der Waals surface area contributed by atoms with Crippen LogP contribution in [0.4, 0.5) is 10.5 Å². The minimum Gasteiger partial charge on any atom is -0.336 e. The van der Waals surface area contributed by atoms with Gasteiger partial charge in [0.15, 0.2) is 0 Å². The number of benzene rings is 1. The van der Waals surface area contributed by atoms with Crippen molar-refractivity contribution in [2.75, 3.05) is 44.6 Å². The fourth-order valence-corrected chi connectivity index (χ4v) is 2.77. The van der Waals surface area contributed by atoms with Crippen LogP contribution in [0.2, 0.25) is 0 Å². The zero-order chi connectivity index (χ0) is 16.0. The first kappa shape index (κ1) is 16.8. The van der Waals surface area contributed by atoms with Gasteiger partial charge >= 0.3 is 6.03 Å². The van der Waals surface area contributed by atoms with Crippen molar-refractivity contribution in [3.05, 3.63) is 30.3 Å². The molecule has 0 radical (unpaired) electrons. The quantitative estimate of drug-likeness (QED) is 0.877. The number of piperazine rings is 1. The molecule has 5 nitrogen and oxygen atoms in total. The molecule has 0 bridgehead atoms. The van der Waals surface area contributed by atoms with Crippen molar-refractivity contribution in [3.8, 4) is 0 Å². The molecule has 5 heteroatoms. The van der Waals surface area contributed by atoms with E-state index >= 15 is 0 Å². The van der Waals surface area contributed by atoms with E-state index in [0.29, 0.717) is 6.54 Å². The van der Waals surface area contributed by atoms with E-state index < -0.39 is 0 Å². The molecule has 1 aliphatic rings. The second kappa shape index (κ2) is 7.61. The van der Waals surface area contributed by atoms with Gasteiger partial charge in [0.25, 0.3) is 0 Å². The molecular formula is C17H28N4O. The second-order valence-corrected chi connectivity index (χ2v) is 6.41. The number of urea groups is 1. The molecule has 0 aliphatic carbocycles. The van der Waals surface area contributed by atoms with E-state index in [2.05, 4.69) is 41.2 Å². The average molecular weight is 304 g/mol. The number of nitrogens with zero attached hydrogens (tertiary/aromatic N) is 2. The largest absolute Gasteiger partial charge is 0.336 e. The molecule has 1 heterocycles. The molecule has 122 valence electrons. The van der Waals surface area contributed by atoms with Crippen LogP contribution in [-0.2, 0) is 0 Å². The van der Waals surface area contributed by atoms with Crippen LogP contribution in [-0.4, -0.2) is 60.6 Å². The Hall–Kier alpha value is -1.59. The predicted octanol–water partition coefficient (Wildman–Crippen LogP) is 2.22. The summed E-state index contributed by atoms with van der Waals surface area (Å²) in [4.78, 5) is 16.9. The van der Waals surface area contributed by atoms with Gasteiger partial charge in [-0.15, -0.1) is 0 Å². The molecule has 22 heavy (non-hydrogen) atoms. The summed E-state index contributed by atoms with van der Waals surface area (Å²) in [5.41, 5.74) is 0.780. The zero-order valence-electron chi connectivity index (χ0n) is 13.9. The Morgan fingerprint density at radius 3 is 2.36 bits per heavy atom. The number of anilines is 1. The Bertz CT molecular complexity index is 467. The van der Waals surface area contributed by atoms with Gasteiger partial charge in [-0.25, -0.2) is 4.79 Å². The molecule has 0 atom stereocenters. The minimum atomic E-state index is -0.147. The third kappa shape index (κ3) is 4.71. The highest BCUT2D eigenvalue weighted by Gasteiger charge is 2.29. The van der Waals surface area contributed by atoms with Gasteiger partial charge in [0, 0.05) is 44.0 Å². The van der Waals surface area contributed by atoms with Crippen LogP contribution in [0.1, 0.15) is 20.8 Å². The number of hydrogen-bond donors (Lipinski definition) is 2. The highest BCUT2D eigenvalue weighted by Crippen LogP contribution is 2.16. The van der Waals surface area contributed by atoms with E-state index in [9.17, 15) is 4.79 Å². The summed E-state index contributed by atoms with van der Waals surface area (Å²) in [6.07, 6.45) is 0. The monoisotopic (exact) mass is 304 g/mol. The third-order valence-corrected chi connectivity index (χ3v) is 4.39. The lowest BCUT2D eigenvalue weighted by Gasteiger charge is -2.44. The number of carbonyl (C=O) groups is 1. The normalized spacial score (nSPS) is 17.2. The van der Waals surface area contributed by atoms with E-state index in [1.54, 1.807) is 0 Å². The van der Waals surface area contributed by atoms with Crippen LogP contribution in [0, 0.1) is 0 Å². The first-order chi connectivity index (χ1) is 10.5. The molecule has 1 aliphatic heterocycles. The minimum absolute atomic E-state index is 0.0339. The molecule has 2 amide bonds. The van der Waals surface area contributed by atoms with E-state index in [1.807, 2.05) is 30.3 Å². The standard InChI is InChI=1S/C17H28N4O/c1-4-20-10-12-21(13-11-20)17(2,3)14-18-16(22)19-15-8-6-5-7-9-15/h5-9H,4,10-14H2,1-3H3,(H2,18,19,22). The van der Waals surface area contributed by atoms with Gasteiger partial charge < -0.3 is 15.5 Å². The van der Waals surface area contributed by atoms with E-state index in [-0.39, 0.29) is 11.6 Å². The van der Waals surface area contributed by atoms with Gasteiger partial charge in [0.05, 0.1) is 0 Å². The number of nitrogens with one attached hydrogen (secondary N) is 2. The van der Waals surface area contributed by atoms with Crippen molar-refractivity contribution >= 4 is 11.7 Å². The summed E-state index contributed by atoms with van der Waals surface area (Å²) < 4.78 is 0. The van der Waals surface area contributed by atoms with Gasteiger partial charge in [-0.3, -0.25) is 4.90 Å². The van der Waals surface area contributed by atoms with Gasteiger partial charge in [0.1, 0.15) is 0 Å². The van der Waals surface area contributed by atoms with Gasteiger partial charge in [0.2, 0.25) is 0 Å². The Morgan fingerprint density at radius 2 is 1.77 bits per heavy atom. The lowest BCUT2D eigenvalue weighted by atomic mass is 10.0. The number of rotatable bonds is 5. The Balaban J connectivity index is 1.78. The fraction of sp³-hybridized carbons (Fsp3) is 0.588. The maximum atomic E-state index is 12.0. The summed E-state index contributed by atoms with van der Waals surface area (Å²) in [7, 11) is 0. The van der Waals surface area contributed by atoms with E-state index in [4.69, 9.17) is 0 Å². The maximum absolute atomic E-state index is 12.0. The molecule has 2 rings (SSSR count). The molecule has 2 N–H and O–H groups in total. The Kier molecular flexibility index (Phi) is 5.80. The number of amides is 2. The number of para-hydroxylation sites is 1. The molecule has 1 saturated heterocycles. The number of likely N-dealkylation sites (N-methyl/N-ethyl adjacent to an activating group) is 1. The lowest BCUT2D eigenvalue weighted by Crippen LogP contribution is -2.58. The smallest absolute Gasteiger partial charge is 0.319 e. The van der Waals surface area contributed by atoms with E-state index in [1.165, 1.54) is 0 Å². The van der Waals surface area contributed by atoms with Crippen LogP contribution >= 0.6 is 0 Å². The SMILES string of the molecule is CCN1CCN(C(C)(C)CNC(=O)Nc2ccccc2)CC1. The molecule has 0 spiro atoms. The van der Waals surface area contributed by atoms with Crippen molar-refractivity contribution in [1.29, 1.82) is 0 Å². The predicted molar refractivity (Wildman–Crippen MR) is 91.2 cm³/mol. The summed E-state index contributed by atoms with van der Waals surface area (Å²) >= 11 is 0. The first-order valence-corrected chi connectivity index (χ1v) is 8.08. The lowest BCUT2D eigenvalue weighted by molar-refractivity contribution is 0.0558. The summed E-state index contributed by atoms with van der Waals surface area (Å²) in [5.74, 6) is 0.